The standard InChI is InChI=1S/C16H15N3/c1-12-6-5-9-14-15(12)16(19-11-18-14)17-10-13-7-3-2-4-8-13/h2-9,11H,10H2,1H3,(H,17,18,19). The lowest BCUT2D eigenvalue weighted by atomic mass is 10.1. The molecule has 0 aliphatic carbocycles. The Balaban J connectivity index is 1.93. The second-order valence-corrected chi connectivity index (χ2v) is 4.53. The maximum atomic E-state index is 4.36. The lowest BCUT2D eigenvalue weighted by Gasteiger charge is -2.10. The molecule has 94 valence electrons. The minimum atomic E-state index is 0.765. The number of anilines is 1. The summed E-state index contributed by atoms with van der Waals surface area (Å²) < 4.78 is 0. The fourth-order valence-electron chi connectivity index (χ4n) is 2.20. The molecule has 0 saturated carbocycles. The van der Waals surface area contributed by atoms with E-state index in [-0.39, 0.29) is 0 Å². The van der Waals surface area contributed by atoms with Gasteiger partial charge in [-0.1, -0.05) is 42.5 Å². The van der Waals surface area contributed by atoms with E-state index in [2.05, 4.69) is 40.4 Å². The first-order valence-corrected chi connectivity index (χ1v) is 6.33. The number of nitrogens with zero attached hydrogens (tertiary/aromatic N) is 2. The number of aryl methyl sites for hydroxylation is 1. The Morgan fingerprint density at radius 1 is 0.947 bits per heavy atom. The van der Waals surface area contributed by atoms with Crippen LogP contribution in [0.1, 0.15) is 11.1 Å². The molecule has 0 fully saturated rings. The van der Waals surface area contributed by atoms with Gasteiger partial charge in [0.05, 0.1) is 5.52 Å². The molecule has 1 N–H and O–H groups in total. The van der Waals surface area contributed by atoms with Gasteiger partial charge in [0.2, 0.25) is 0 Å². The predicted octanol–water partition coefficient (Wildman–Crippen LogP) is 3.55. The van der Waals surface area contributed by atoms with Gasteiger partial charge in [-0.05, 0) is 24.1 Å². The van der Waals surface area contributed by atoms with Gasteiger partial charge in [0, 0.05) is 11.9 Å². The Kier molecular flexibility index (Phi) is 3.11. The van der Waals surface area contributed by atoms with Crippen molar-refractivity contribution in [2.24, 2.45) is 0 Å². The molecule has 0 radical (unpaired) electrons. The lowest BCUT2D eigenvalue weighted by Crippen LogP contribution is -2.03. The van der Waals surface area contributed by atoms with E-state index in [1.54, 1.807) is 6.33 Å². The van der Waals surface area contributed by atoms with Crippen LogP contribution in [0.3, 0.4) is 0 Å². The zero-order valence-corrected chi connectivity index (χ0v) is 10.8. The lowest BCUT2D eigenvalue weighted by molar-refractivity contribution is 1.10. The van der Waals surface area contributed by atoms with Crippen LogP contribution in [-0.4, -0.2) is 9.97 Å². The summed E-state index contributed by atoms with van der Waals surface area (Å²) in [4.78, 5) is 8.67. The normalized spacial score (nSPS) is 10.6. The van der Waals surface area contributed by atoms with Crippen LogP contribution >= 0.6 is 0 Å². The third kappa shape index (κ3) is 2.40. The zero-order valence-electron chi connectivity index (χ0n) is 10.8. The number of hydrogen-bond donors (Lipinski definition) is 1. The van der Waals surface area contributed by atoms with Crippen LogP contribution in [0.4, 0.5) is 5.82 Å². The van der Waals surface area contributed by atoms with Crippen molar-refractivity contribution in [1.29, 1.82) is 0 Å². The smallest absolute Gasteiger partial charge is 0.137 e. The molecule has 0 aliphatic rings. The minimum absolute atomic E-state index is 0.765. The monoisotopic (exact) mass is 249 g/mol. The molecule has 0 aliphatic heterocycles. The van der Waals surface area contributed by atoms with Crippen LogP contribution in [0.15, 0.2) is 54.9 Å². The third-order valence-corrected chi connectivity index (χ3v) is 3.17. The highest BCUT2D eigenvalue weighted by Crippen LogP contribution is 2.23. The molecule has 3 heteroatoms. The van der Waals surface area contributed by atoms with Gasteiger partial charge in [0.1, 0.15) is 12.1 Å². The highest BCUT2D eigenvalue weighted by molar-refractivity contribution is 5.91. The summed E-state index contributed by atoms with van der Waals surface area (Å²) in [5, 5.41) is 4.49. The number of aromatic nitrogens is 2. The molecule has 0 saturated heterocycles. The minimum Gasteiger partial charge on any atom is -0.365 e. The van der Waals surface area contributed by atoms with E-state index in [4.69, 9.17) is 0 Å². The van der Waals surface area contributed by atoms with Crippen molar-refractivity contribution in [3.63, 3.8) is 0 Å². The van der Waals surface area contributed by atoms with Crippen molar-refractivity contribution < 1.29 is 0 Å². The number of nitrogens with one attached hydrogen (secondary N) is 1. The average Bonchev–Trinajstić information content (AvgIpc) is 2.46. The molecule has 0 bridgehead atoms. The molecule has 3 aromatic rings. The van der Waals surface area contributed by atoms with Gasteiger partial charge in [-0.15, -0.1) is 0 Å². The summed E-state index contributed by atoms with van der Waals surface area (Å²) in [6.45, 7) is 2.85. The van der Waals surface area contributed by atoms with Crippen molar-refractivity contribution in [2.75, 3.05) is 5.32 Å². The molecular formula is C16H15N3. The molecule has 1 heterocycles. The molecule has 0 spiro atoms. The molecule has 0 unspecified atom stereocenters. The van der Waals surface area contributed by atoms with Gasteiger partial charge < -0.3 is 5.32 Å². The number of fused-ring (bicyclic) bond motifs is 1. The second-order valence-electron chi connectivity index (χ2n) is 4.53. The van der Waals surface area contributed by atoms with Gasteiger partial charge in [0.25, 0.3) is 0 Å². The van der Waals surface area contributed by atoms with E-state index < -0.39 is 0 Å². The van der Waals surface area contributed by atoms with Crippen LogP contribution in [0, 0.1) is 6.92 Å². The predicted molar refractivity (Wildman–Crippen MR) is 78.0 cm³/mol. The Bertz CT molecular complexity index is 687. The van der Waals surface area contributed by atoms with Gasteiger partial charge in [-0.25, -0.2) is 9.97 Å². The largest absolute Gasteiger partial charge is 0.365 e. The van der Waals surface area contributed by atoms with Crippen molar-refractivity contribution in [1.82, 2.24) is 9.97 Å². The average molecular weight is 249 g/mol. The van der Waals surface area contributed by atoms with Crippen LogP contribution < -0.4 is 5.32 Å². The van der Waals surface area contributed by atoms with E-state index in [1.807, 2.05) is 30.3 Å². The van der Waals surface area contributed by atoms with Crippen molar-refractivity contribution in [3.05, 3.63) is 66.0 Å². The Morgan fingerprint density at radius 2 is 1.79 bits per heavy atom. The molecule has 19 heavy (non-hydrogen) atoms. The van der Waals surface area contributed by atoms with Gasteiger partial charge >= 0.3 is 0 Å². The molecule has 2 aromatic carbocycles. The van der Waals surface area contributed by atoms with E-state index >= 15 is 0 Å². The Morgan fingerprint density at radius 3 is 2.63 bits per heavy atom. The van der Waals surface area contributed by atoms with E-state index in [0.717, 1.165) is 23.3 Å². The molecular weight excluding hydrogens is 234 g/mol. The summed E-state index contributed by atoms with van der Waals surface area (Å²) in [7, 11) is 0. The van der Waals surface area contributed by atoms with Crippen molar-refractivity contribution in [2.45, 2.75) is 13.5 Å². The summed E-state index contributed by atoms with van der Waals surface area (Å²) in [6.07, 6.45) is 1.61. The second kappa shape index (κ2) is 5.06. The molecule has 0 amide bonds. The number of rotatable bonds is 3. The molecule has 3 nitrogen and oxygen atoms in total. The van der Waals surface area contributed by atoms with Crippen LogP contribution in [0.25, 0.3) is 10.9 Å². The summed E-state index contributed by atoms with van der Waals surface area (Å²) >= 11 is 0. The van der Waals surface area contributed by atoms with Crippen LogP contribution in [0.2, 0.25) is 0 Å². The Hall–Kier alpha value is -2.42. The molecule has 1 aromatic heterocycles. The molecule has 0 atom stereocenters. The van der Waals surface area contributed by atoms with Gasteiger partial charge in [-0.2, -0.15) is 0 Å². The number of benzene rings is 2. The maximum Gasteiger partial charge on any atom is 0.137 e. The van der Waals surface area contributed by atoms with Crippen molar-refractivity contribution >= 4 is 16.7 Å². The van der Waals surface area contributed by atoms with Crippen LogP contribution in [-0.2, 0) is 6.54 Å². The van der Waals surface area contributed by atoms with E-state index in [1.165, 1.54) is 11.1 Å². The summed E-state index contributed by atoms with van der Waals surface area (Å²) in [6, 6.07) is 16.4. The molecule has 3 rings (SSSR count). The first kappa shape index (κ1) is 11.7. The fraction of sp³-hybridized carbons (Fsp3) is 0.125. The van der Waals surface area contributed by atoms with Gasteiger partial charge in [0.15, 0.2) is 0 Å². The first-order chi connectivity index (χ1) is 9.34. The van der Waals surface area contributed by atoms with E-state index in [9.17, 15) is 0 Å². The highest BCUT2D eigenvalue weighted by Gasteiger charge is 2.05. The number of hydrogen-bond acceptors (Lipinski definition) is 3. The summed E-state index contributed by atoms with van der Waals surface area (Å²) in [5.41, 5.74) is 3.40. The summed E-state index contributed by atoms with van der Waals surface area (Å²) in [5.74, 6) is 0.895. The third-order valence-electron chi connectivity index (χ3n) is 3.17. The highest BCUT2D eigenvalue weighted by atomic mass is 15.0. The zero-order chi connectivity index (χ0) is 13.1. The fourth-order valence-corrected chi connectivity index (χ4v) is 2.20. The quantitative estimate of drug-likeness (QED) is 0.771. The maximum absolute atomic E-state index is 4.36. The van der Waals surface area contributed by atoms with Crippen LogP contribution in [0.5, 0.6) is 0 Å². The van der Waals surface area contributed by atoms with Gasteiger partial charge in [-0.3, -0.25) is 0 Å². The van der Waals surface area contributed by atoms with Crippen molar-refractivity contribution in [3.8, 4) is 0 Å². The first-order valence-electron chi connectivity index (χ1n) is 6.33. The SMILES string of the molecule is Cc1cccc2ncnc(NCc3ccccc3)c12. The topological polar surface area (TPSA) is 37.8 Å². The van der Waals surface area contributed by atoms with E-state index in [0.29, 0.717) is 0 Å². The Labute approximate surface area is 112 Å².